The Kier molecular flexibility index (Phi) is 9.39. The summed E-state index contributed by atoms with van der Waals surface area (Å²) < 4.78 is 46.9. The lowest BCUT2D eigenvalue weighted by molar-refractivity contribution is -0.274. The Morgan fingerprint density at radius 3 is 2.52 bits per heavy atom. The average Bonchev–Trinajstić information content (AvgIpc) is 2.68. The number of rotatable bonds is 9. The highest BCUT2D eigenvalue weighted by atomic mass is 19.4. The van der Waals surface area contributed by atoms with Crippen molar-refractivity contribution in [3.8, 4) is 5.75 Å². The Bertz CT molecular complexity index is 809. The van der Waals surface area contributed by atoms with Gasteiger partial charge in [-0.05, 0) is 83.3 Å². The maximum Gasteiger partial charge on any atom is 0.573 e. The first-order chi connectivity index (χ1) is 15.4. The van der Waals surface area contributed by atoms with E-state index >= 15 is 0 Å². The van der Waals surface area contributed by atoms with Crippen LogP contribution in [0, 0.1) is 0 Å². The molecular weight excluding hydrogens is 439 g/mol. The highest BCUT2D eigenvalue weighted by Gasteiger charge is 2.32. The second-order valence-electron chi connectivity index (χ2n) is 9.17. The van der Waals surface area contributed by atoms with Crippen LogP contribution in [0.25, 0.3) is 0 Å². The van der Waals surface area contributed by atoms with Gasteiger partial charge in [-0.2, -0.15) is 0 Å². The third kappa shape index (κ3) is 9.89. The number of benzene rings is 1. The second kappa shape index (κ2) is 11.6. The number of alkyl carbamates (subject to hydrolysis) is 1. The number of amides is 2. The molecular formula is C23H34F3N3O4. The molecule has 0 spiro atoms. The zero-order chi connectivity index (χ0) is 24.6. The van der Waals surface area contributed by atoms with Crippen molar-refractivity contribution in [1.29, 1.82) is 0 Å². The lowest BCUT2D eigenvalue weighted by Crippen LogP contribution is -2.41. The molecule has 0 radical (unpaired) electrons. The van der Waals surface area contributed by atoms with Gasteiger partial charge < -0.3 is 25.0 Å². The minimum atomic E-state index is -4.76. The third-order valence-electron chi connectivity index (χ3n) is 5.18. The quantitative estimate of drug-likeness (QED) is 0.527. The van der Waals surface area contributed by atoms with Gasteiger partial charge in [-0.1, -0.05) is 6.07 Å². The van der Waals surface area contributed by atoms with Gasteiger partial charge in [0.2, 0.25) is 5.91 Å². The summed E-state index contributed by atoms with van der Waals surface area (Å²) in [6.45, 7) is 6.86. The predicted octanol–water partition coefficient (Wildman–Crippen LogP) is 4.14. The summed E-state index contributed by atoms with van der Waals surface area (Å²) >= 11 is 0. The lowest BCUT2D eigenvalue weighted by Gasteiger charge is -2.30. The highest BCUT2D eigenvalue weighted by Crippen LogP contribution is 2.28. The van der Waals surface area contributed by atoms with Gasteiger partial charge in [-0.15, -0.1) is 13.2 Å². The van der Waals surface area contributed by atoms with Crippen LogP contribution in [0.15, 0.2) is 18.2 Å². The van der Waals surface area contributed by atoms with E-state index in [1.807, 2.05) is 7.05 Å². The van der Waals surface area contributed by atoms with Crippen LogP contribution in [-0.2, 0) is 22.5 Å². The highest BCUT2D eigenvalue weighted by molar-refractivity contribution is 5.76. The fourth-order valence-corrected chi connectivity index (χ4v) is 3.69. The zero-order valence-electron chi connectivity index (χ0n) is 19.7. The number of nitrogens with zero attached hydrogens (tertiary/aromatic N) is 1. The monoisotopic (exact) mass is 473 g/mol. The number of hydrogen-bond acceptors (Lipinski definition) is 5. The number of nitrogens with one attached hydrogen (secondary N) is 2. The first-order valence-electron chi connectivity index (χ1n) is 11.2. The Balaban J connectivity index is 1.95. The number of halogens is 3. The summed E-state index contributed by atoms with van der Waals surface area (Å²) in [5, 5.41) is 5.91. The van der Waals surface area contributed by atoms with Gasteiger partial charge in [-0.3, -0.25) is 4.79 Å². The summed E-state index contributed by atoms with van der Waals surface area (Å²) in [6, 6.07) is 4.02. The molecule has 0 saturated carbocycles. The van der Waals surface area contributed by atoms with E-state index in [1.54, 1.807) is 31.7 Å². The molecule has 0 bridgehead atoms. The first-order valence-corrected chi connectivity index (χ1v) is 11.2. The van der Waals surface area contributed by atoms with E-state index in [4.69, 9.17) is 4.74 Å². The Morgan fingerprint density at radius 1 is 1.15 bits per heavy atom. The van der Waals surface area contributed by atoms with Crippen molar-refractivity contribution < 1.29 is 32.2 Å². The summed E-state index contributed by atoms with van der Waals surface area (Å²) in [7, 11) is 1.85. The fourth-order valence-electron chi connectivity index (χ4n) is 3.69. The molecule has 0 saturated heterocycles. The van der Waals surface area contributed by atoms with Gasteiger partial charge >= 0.3 is 12.5 Å². The smallest absolute Gasteiger partial charge is 0.444 e. The third-order valence-corrected chi connectivity index (χ3v) is 5.18. The molecule has 10 heteroatoms. The largest absolute Gasteiger partial charge is 0.573 e. The number of ether oxygens (including phenoxy) is 2. The van der Waals surface area contributed by atoms with Gasteiger partial charge in [0.15, 0.2) is 0 Å². The maximum atomic E-state index is 12.8. The van der Waals surface area contributed by atoms with Crippen LogP contribution >= 0.6 is 0 Å². The number of carbonyl (C=O) groups is 2. The minimum absolute atomic E-state index is 0.104. The molecule has 2 rings (SSSR count). The summed E-state index contributed by atoms with van der Waals surface area (Å²) in [5.41, 5.74) is 0.935. The number of carbonyl (C=O) groups excluding carboxylic acids is 2. The Morgan fingerprint density at radius 2 is 1.88 bits per heavy atom. The average molecular weight is 474 g/mol. The van der Waals surface area contributed by atoms with Crippen LogP contribution < -0.4 is 15.4 Å². The van der Waals surface area contributed by atoms with Crippen molar-refractivity contribution in [1.82, 2.24) is 15.5 Å². The van der Waals surface area contributed by atoms with E-state index < -0.39 is 18.1 Å². The summed E-state index contributed by atoms with van der Waals surface area (Å²) in [5.74, 6) is -0.394. The van der Waals surface area contributed by atoms with E-state index in [9.17, 15) is 22.8 Å². The Hall–Kier alpha value is -2.49. The minimum Gasteiger partial charge on any atom is -0.444 e. The molecule has 2 N–H and O–H groups in total. The van der Waals surface area contributed by atoms with Crippen molar-refractivity contribution >= 4 is 12.0 Å². The maximum absolute atomic E-state index is 12.8. The molecule has 0 fully saturated rings. The summed E-state index contributed by atoms with van der Waals surface area (Å²) in [4.78, 5) is 26.6. The Labute approximate surface area is 193 Å². The van der Waals surface area contributed by atoms with Crippen molar-refractivity contribution in [3.05, 3.63) is 29.3 Å². The van der Waals surface area contributed by atoms with E-state index in [1.165, 1.54) is 12.1 Å². The molecule has 1 atom stereocenters. The number of hydrogen-bond donors (Lipinski definition) is 2. The van der Waals surface area contributed by atoms with Crippen molar-refractivity contribution in [3.63, 3.8) is 0 Å². The van der Waals surface area contributed by atoms with Crippen LogP contribution in [0.3, 0.4) is 0 Å². The van der Waals surface area contributed by atoms with Gasteiger partial charge in [0, 0.05) is 25.6 Å². The molecule has 1 aliphatic rings. The summed E-state index contributed by atoms with van der Waals surface area (Å²) in [6.07, 6.45) is -2.54. The molecule has 1 aromatic rings. The van der Waals surface area contributed by atoms with E-state index in [0.717, 1.165) is 18.5 Å². The van der Waals surface area contributed by atoms with Gasteiger partial charge in [-0.25, -0.2) is 4.79 Å². The van der Waals surface area contributed by atoms with Crippen LogP contribution in [0.1, 0.15) is 57.6 Å². The predicted molar refractivity (Wildman–Crippen MR) is 118 cm³/mol. The first kappa shape index (κ1) is 26.8. The van der Waals surface area contributed by atoms with Crippen LogP contribution in [0.2, 0.25) is 0 Å². The zero-order valence-corrected chi connectivity index (χ0v) is 19.7. The molecule has 7 nitrogen and oxygen atoms in total. The normalized spacial score (nSPS) is 14.9. The molecule has 1 unspecified atom stereocenters. The van der Waals surface area contributed by atoms with Crippen LogP contribution in [0.5, 0.6) is 5.75 Å². The molecule has 0 aromatic heterocycles. The van der Waals surface area contributed by atoms with Gasteiger partial charge in [0.1, 0.15) is 11.4 Å². The van der Waals surface area contributed by atoms with Gasteiger partial charge in [0.05, 0.1) is 0 Å². The van der Waals surface area contributed by atoms with Crippen molar-refractivity contribution in [2.24, 2.45) is 0 Å². The van der Waals surface area contributed by atoms with Crippen LogP contribution in [-0.4, -0.2) is 55.0 Å². The molecule has 1 aromatic carbocycles. The topological polar surface area (TPSA) is 79.9 Å². The molecule has 1 heterocycles. The second-order valence-corrected chi connectivity index (χ2v) is 9.17. The number of fused-ring (bicyclic) bond motifs is 1. The lowest BCUT2D eigenvalue weighted by atomic mass is 9.98. The molecule has 33 heavy (non-hydrogen) atoms. The molecule has 186 valence electrons. The van der Waals surface area contributed by atoms with E-state index in [-0.39, 0.29) is 30.7 Å². The van der Waals surface area contributed by atoms with Crippen molar-refractivity contribution in [2.45, 2.75) is 77.4 Å². The standard InChI is InChI=1S/C23H34F3N3O4/c1-22(2,3)33-21(31)28-18(6-5-12-27-4)8-10-20(30)29-13-11-16-7-9-19(14-17(16)15-29)32-23(24,25)26/h7,9,14,18,27H,5-6,8,10-13,15H2,1-4H3,(H,28,31). The fraction of sp³-hybridized carbons (Fsp3) is 0.652. The van der Waals surface area contributed by atoms with Crippen molar-refractivity contribution in [2.75, 3.05) is 20.1 Å². The van der Waals surface area contributed by atoms with Gasteiger partial charge in [0.25, 0.3) is 0 Å². The molecule has 0 aliphatic carbocycles. The van der Waals surface area contributed by atoms with E-state index in [0.29, 0.717) is 31.4 Å². The SMILES string of the molecule is CNCCCC(CCC(=O)N1CCc2ccc(OC(F)(F)F)cc2C1)NC(=O)OC(C)(C)C. The van der Waals surface area contributed by atoms with E-state index in [2.05, 4.69) is 15.4 Å². The van der Waals surface area contributed by atoms with Crippen LogP contribution in [0.4, 0.5) is 18.0 Å². The number of alkyl halides is 3. The molecule has 2 amide bonds. The molecule has 1 aliphatic heterocycles.